The number of nitrogens with zero attached hydrogens (tertiary/aromatic N) is 2. The summed E-state index contributed by atoms with van der Waals surface area (Å²) < 4.78 is 0. The van der Waals surface area contributed by atoms with Crippen LogP contribution in [0.3, 0.4) is 0 Å². The maximum atomic E-state index is 13.2. The topological polar surface area (TPSA) is 40.6 Å². The van der Waals surface area contributed by atoms with Crippen LogP contribution in [0.15, 0.2) is 78.9 Å². The van der Waals surface area contributed by atoms with Crippen LogP contribution in [0, 0.1) is 6.92 Å². The Morgan fingerprint density at radius 2 is 1.33 bits per heavy atom. The summed E-state index contributed by atoms with van der Waals surface area (Å²) in [6.07, 6.45) is 0. The average molecular weight is 399 g/mol. The van der Waals surface area contributed by atoms with E-state index in [1.165, 1.54) is 5.56 Å². The third-order valence-corrected chi connectivity index (χ3v) is 5.62. The van der Waals surface area contributed by atoms with Crippen molar-refractivity contribution < 1.29 is 9.59 Å². The van der Waals surface area contributed by atoms with Gasteiger partial charge in [-0.2, -0.15) is 0 Å². The van der Waals surface area contributed by atoms with Gasteiger partial charge < -0.3 is 4.90 Å². The number of carbonyl (C=O) groups is 2. The minimum Gasteiger partial charge on any atom is -0.336 e. The van der Waals surface area contributed by atoms with Crippen LogP contribution in [0.1, 0.15) is 37.4 Å². The number of hydrogen-bond donors (Lipinski definition) is 0. The second kappa shape index (κ2) is 9.06. The first-order chi connectivity index (χ1) is 14.6. The summed E-state index contributed by atoms with van der Waals surface area (Å²) in [4.78, 5) is 30.5. The van der Waals surface area contributed by atoms with Gasteiger partial charge in [0.15, 0.2) is 5.78 Å². The Bertz CT molecular complexity index is 1020. The fraction of sp³-hybridized carbons (Fsp3) is 0.231. The summed E-state index contributed by atoms with van der Waals surface area (Å²) in [7, 11) is 0. The molecule has 1 amide bonds. The van der Waals surface area contributed by atoms with E-state index in [2.05, 4.69) is 29.2 Å². The zero-order valence-electron chi connectivity index (χ0n) is 17.3. The van der Waals surface area contributed by atoms with Crippen molar-refractivity contribution >= 4 is 11.7 Å². The number of benzene rings is 3. The average Bonchev–Trinajstić information content (AvgIpc) is 2.80. The molecule has 1 aliphatic heterocycles. The molecular formula is C26H26N2O2. The summed E-state index contributed by atoms with van der Waals surface area (Å²) in [6, 6.07) is 25.0. The van der Waals surface area contributed by atoms with E-state index in [4.69, 9.17) is 0 Å². The first kappa shape index (κ1) is 20.0. The second-order valence-corrected chi connectivity index (χ2v) is 7.79. The van der Waals surface area contributed by atoms with Gasteiger partial charge in [0.1, 0.15) is 0 Å². The molecule has 0 atom stereocenters. The zero-order valence-corrected chi connectivity index (χ0v) is 17.3. The van der Waals surface area contributed by atoms with Gasteiger partial charge in [-0.05, 0) is 18.6 Å². The normalized spacial score (nSPS) is 14.5. The Hall–Kier alpha value is -3.24. The maximum Gasteiger partial charge on any atom is 0.254 e. The third-order valence-electron chi connectivity index (χ3n) is 5.62. The molecule has 1 fully saturated rings. The van der Waals surface area contributed by atoms with Gasteiger partial charge in [-0.3, -0.25) is 14.5 Å². The van der Waals surface area contributed by atoms with Crippen molar-refractivity contribution in [3.63, 3.8) is 0 Å². The van der Waals surface area contributed by atoms with E-state index in [0.29, 0.717) is 29.8 Å². The van der Waals surface area contributed by atoms with Gasteiger partial charge in [0, 0.05) is 43.9 Å². The van der Waals surface area contributed by atoms with Crippen LogP contribution >= 0.6 is 0 Å². The van der Waals surface area contributed by atoms with E-state index in [-0.39, 0.29) is 11.7 Å². The Morgan fingerprint density at radius 3 is 2.00 bits per heavy atom. The van der Waals surface area contributed by atoms with Crippen molar-refractivity contribution in [2.45, 2.75) is 13.5 Å². The van der Waals surface area contributed by atoms with Crippen LogP contribution in [0.2, 0.25) is 0 Å². The number of ketones is 1. The molecule has 0 saturated carbocycles. The Kier molecular flexibility index (Phi) is 6.05. The van der Waals surface area contributed by atoms with Gasteiger partial charge in [0.05, 0.1) is 5.56 Å². The number of amides is 1. The van der Waals surface area contributed by atoms with E-state index in [0.717, 1.165) is 25.2 Å². The molecule has 1 aliphatic rings. The molecule has 0 aliphatic carbocycles. The Morgan fingerprint density at radius 1 is 0.733 bits per heavy atom. The molecule has 4 rings (SSSR count). The summed E-state index contributed by atoms with van der Waals surface area (Å²) in [5, 5.41) is 0. The monoisotopic (exact) mass is 398 g/mol. The lowest BCUT2D eigenvalue weighted by Crippen LogP contribution is -2.48. The van der Waals surface area contributed by atoms with E-state index >= 15 is 0 Å². The van der Waals surface area contributed by atoms with Gasteiger partial charge in [0.25, 0.3) is 5.91 Å². The molecule has 3 aromatic carbocycles. The lowest BCUT2D eigenvalue weighted by molar-refractivity contribution is 0.0625. The highest BCUT2D eigenvalue weighted by Gasteiger charge is 2.25. The molecule has 0 bridgehead atoms. The van der Waals surface area contributed by atoms with Gasteiger partial charge in [-0.25, -0.2) is 0 Å². The van der Waals surface area contributed by atoms with Crippen LogP contribution in [0.4, 0.5) is 0 Å². The molecule has 30 heavy (non-hydrogen) atoms. The fourth-order valence-corrected chi connectivity index (χ4v) is 3.85. The number of piperazine rings is 1. The largest absolute Gasteiger partial charge is 0.336 e. The quantitative estimate of drug-likeness (QED) is 0.605. The van der Waals surface area contributed by atoms with Crippen LogP contribution in [-0.4, -0.2) is 47.7 Å². The van der Waals surface area contributed by atoms with Gasteiger partial charge in [0.2, 0.25) is 0 Å². The minimum absolute atomic E-state index is 0.0644. The third kappa shape index (κ3) is 4.50. The molecule has 4 nitrogen and oxygen atoms in total. The first-order valence-corrected chi connectivity index (χ1v) is 10.4. The second-order valence-electron chi connectivity index (χ2n) is 7.79. The SMILES string of the molecule is Cc1ccc(C(=O)c2ccccc2C(=O)N2CCN(Cc3ccccc3)CC2)cc1. The molecule has 0 unspecified atom stereocenters. The number of rotatable bonds is 5. The first-order valence-electron chi connectivity index (χ1n) is 10.4. The van der Waals surface area contributed by atoms with Crippen LogP contribution in [0.25, 0.3) is 0 Å². The van der Waals surface area contributed by atoms with E-state index in [1.54, 1.807) is 12.1 Å². The molecule has 0 radical (unpaired) electrons. The lowest BCUT2D eigenvalue weighted by Gasteiger charge is -2.35. The van der Waals surface area contributed by atoms with Crippen molar-refractivity contribution in [1.29, 1.82) is 0 Å². The van der Waals surface area contributed by atoms with Crippen LogP contribution in [0.5, 0.6) is 0 Å². The van der Waals surface area contributed by atoms with Crippen molar-refractivity contribution in [3.8, 4) is 0 Å². The van der Waals surface area contributed by atoms with Crippen molar-refractivity contribution in [3.05, 3.63) is 107 Å². The maximum absolute atomic E-state index is 13.2. The molecule has 152 valence electrons. The van der Waals surface area contributed by atoms with Crippen LogP contribution in [-0.2, 0) is 6.54 Å². The van der Waals surface area contributed by atoms with E-state index in [1.807, 2.05) is 54.3 Å². The molecule has 3 aromatic rings. The fourth-order valence-electron chi connectivity index (χ4n) is 3.85. The molecule has 0 aromatic heterocycles. The predicted octanol–water partition coefficient (Wildman–Crippen LogP) is 4.18. The highest BCUT2D eigenvalue weighted by Crippen LogP contribution is 2.19. The summed E-state index contributed by atoms with van der Waals surface area (Å²) in [5.41, 5.74) is 3.95. The smallest absolute Gasteiger partial charge is 0.254 e. The van der Waals surface area contributed by atoms with E-state index < -0.39 is 0 Å². The Labute approximate surface area is 177 Å². The molecule has 0 N–H and O–H groups in total. The highest BCUT2D eigenvalue weighted by atomic mass is 16.2. The highest BCUT2D eigenvalue weighted by molar-refractivity contribution is 6.15. The van der Waals surface area contributed by atoms with E-state index in [9.17, 15) is 9.59 Å². The van der Waals surface area contributed by atoms with Gasteiger partial charge in [-0.1, -0.05) is 78.4 Å². The summed E-state index contributed by atoms with van der Waals surface area (Å²) >= 11 is 0. The van der Waals surface area contributed by atoms with Gasteiger partial charge in [-0.15, -0.1) is 0 Å². The number of carbonyl (C=O) groups excluding carboxylic acids is 2. The minimum atomic E-state index is -0.110. The Balaban J connectivity index is 1.45. The van der Waals surface area contributed by atoms with Crippen molar-refractivity contribution in [1.82, 2.24) is 9.80 Å². The predicted molar refractivity (Wildman–Crippen MR) is 119 cm³/mol. The number of hydrogen-bond acceptors (Lipinski definition) is 3. The molecule has 1 saturated heterocycles. The molecule has 0 spiro atoms. The van der Waals surface area contributed by atoms with Crippen LogP contribution < -0.4 is 0 Å². The van der Waals surface area contributed by atoms with Crippen molar-refractivity contribution in [2.24, 2.45) is 0 Å². The molecule has 4 heteroatoms. The zero-order chi connectivity index (χ0) is 20.9. The standard InChI is InChI=1S/C26H26N2O2/c1-20-11-13-22(14-12-20)25(29)23-9-5-6-10-24(23)26(30)28-17-15-27(16-18-28)19-21-7-3-2-4-8-21/h2-14H,15-19H2,1H3. The summed E-state index contributed by atoms with van der Waals surface area (Å²) in [5.74, 6) is -0.174. The lowest BCUT2D eigenvalue weighted by atomic mass is 9.97. The number of aryl methyl sites for hydroxylation is 1. The summed E-state index contributed by atoms with van der Waals surface area (Å²) in [6.45, 7) is 5.87. The van der Waals surface area contributed by atoms with Gasteiger partial charge >= 0.3 is 0 Å². The van der Waals surface area contributed by atoms with Crippen molar-refractivity contribution in [2.75, 3.05) is 26.2 Å². The molecule has 1 heterocycles. The molecular weight excluding hydrogens is 372 g/mol.